The minimum Gasteiger partial charge on any atom is -0.468 e. The molecule has 1 aliphatic heterocycles. The van der Waals surface area contributed by atoms with Crippen LogP contribution in [-0.2, 0) is 24.3 Å². The number of Topliss-reactive ketones (excluding diaryl/α,β-unsaturated/α-hetero) is 1. The molecule has 7 nitrogen and oxygen atoms in total. The van der Waals surface area contributed by atoms with E-state index >= 15 is 0 Å². The van der Waals surface area contributed by atoms with Gasteiger partial charge in [0.15, 0.2) is 5.78 Å². The van der Waals surface area contributed by atoms with Gasteiger partial charge in [-0.3, -0.25) is 9.59 Å². The lowest BCUT2D eigenvalue weighted by Crippen LogP contribution is -2.64. The molecule has 2 aliphatic carbocycles. The highest BCUT2D eigenvalue weighted by atomic mass is 32.2. The lowest BCUT2D eigenvalue weighted by molar-refractivity contribution is -0.157. The van der Waals surface area contributed by atoms with Gasteiger partial charge in [-0.05, 0) is 56.6 Å². The first-order valence-corrected chi connectivity index (χ1v) is 11.2. The highest BCUT2D eigenvalue weighted by Gasteiger charge is 2.69. The lowest BCUT2D eigenvalue weighted by Gasteiger charge is -2.42. The first-order chi connectivity index (χ1) is 13.3. The van der Waals surface area contributed by atoms with Crippen molar-refractivity contribution in [1.82, 2.24) is 4.31 Å². The Morgan fingerprint density at radius 2 is 1.89 bits per heavy atom. The predicted molar refractivity (Wildman–Crippen MR) is 102 cm³/mol. The van der Waals surface area contributed by atoms with E-state index in [2.05, 4.69) is 0 Å². The molecule has 1 heterocycles. The number of fused-ring (bicyclic) bond motifs is 2. The van der Waals surface area contributed by atoms with Gasteiger partial charge in [0.1, 0.15) is 5.54 Å². The number of sulfonamides is 1. The fourth-order valence-corrected chi connectivity index (χ4v) is 7.30. The lowest BCUT2D eigenvalue weighted by atomic mass is 9.65. The third-order valence-electron chi connectivity index (χ3n) is 6.96. The molecule has 152 valence electrons. The van der Waals surface area contributed by atoms with Gasteiger partial charge < -0.3 is 10.5 Å². The van der Waals surface area contributed by atoms with Gasteiger partial charge in [-0.1, -0.05) is 18.2 Å². The van der Waals surface area contributed by atoms with E-state index in [4.69, 9.17) is 10.5 Å². The molecule has 2 saturated carbocycles. The van der Waals surface area contributed by atoms with Crippen molar-refractivity contribution in [3.63, 3.8) is 0 Å². The van der Waals surface area contributed by atoms with Crippen LogP contribution in [0, 0.1) is 11.3 Å². The van der Waals surface area contributed by atoms with Crippen LogP contribution >= 0.6 is 0 Å². The van der Waals surface area contributed by atoms with Crippen LogP contribution in [0.2, 0.25) is 0 Å². The molecule has 4 rings (SSSR count). The molecule has 8 heteroatoms. The van der Waals surface area contributed by atoms with Gasteiger partial charge in [0.25, 0.3) is 0 Å². The molecule has 0 aromatic heterocycles. The molecule has 0 spiro atoms. The number of carbonyl (C=O) groups is 2. The van der Waals surface area contributed by atoms with Crippen LogP contribution < -0.4 is 5.73 Å². The van der Waals surface area contributed by atoms with Crippen molar-refractivity contribution in [2.24, 2.45) is 17.1 Å². The van der Waals surface area contributed by atoms with E-state index in [1.807, 2.05) is 0 Å². The molecule has 4 atom stereocenters. The van der Waals surface area contributed by atoms with Crippen LogP contribution in [0.1, 0.15) is 38.5 Å². The molecule has 2 bridgehead atoms. The van der Waals surface area contributed by atoms with Crippen molar-refractivity contribution in [2.45, 2.75) is 55.0 Å². The Bertz CT molecular complexity index is 902. The summed E-state index contributed by atoms with van der Waals surface area (Å²) in [7, 11) is -2.51. The summed E-state index contributed by atoms with van der Waals surface area (Å²) in [6.45, 7) is 0.295. The molecule has 0 amide bonds. The van der Waals surface area contributed by atoms with Gasteiger partial charge in [0.05, 0.1) is 23.5 Å². The molecular formula is C20H26N2O5S. The number of nitrogens with two attached hydrogens (primary N) is 1. The first-order valence-electron chi connectivity index (χ1n) is 9.75. The Kier molecular flexibility index (Phi) is 4.63. The average molecular weight is 407 g/mol. The van der Waals surface area contributed by atoms with Crippen molar-refractivity contribution in [3.8, 4) is 0 Å². The number of rotatable bonds is 5. The molecule has 3 unspecified atom stereocenters. The minimum absolute atomic E-state index is 0.176. The maximum atomic E-state index is 13.8. The molecule has 1 aromatic carbocycles. The summed E-state index contributed by atoms with van der Waals surface area (Å²) < 4.78 is 32.6. The predicted octanol–water partition coefficient (Wildman–Crippen LogP) is 1.47. The second kappa shape index (κ2) is 6.64. The Morgan fingerprint density at radius 3 is 2.54 bits per heavy atom. The number of methoxy groups -OCH3 is 1. The Morgan fingerprint density at radius 1 is 1.18 bits per heavy atom. The van der Waals surface area contributed by atoms with E-state index in [1.54, 1.807) is 18.2 Å². The summed E-state index contributed by atoms with van der Waals surface area (Å²) >= 11 is 0. The molecule has 0 radical (unpaired) electrons. The Hall–Kier alpha value is -1.77. The summed E-state index contributed by atoms with van der Waals surface area (Å²) in [5.74, 6) is -0.579. The number of ether oxygens (including phenoxy) is 1. The number of nitrogens with zero attached hydrogens (tertiary/aromatic N) is 1. The molecule has 3 fully saturated rings. The SMILES string of the molecule is COC(=O)C1(N)CC2CCC1(C(=O)[C@@H]1CCCN1S(=O)(=O)c1ccccc1)C2. The summed E-state index contributed by atoms with van der Waals surface area (Å²) in [6, 6.07) is 7.38. The van der Waals surface area contributed by atoms with Gasteiger partial charge in [-0.15, -0.1) is 0 Å². The van der Waals surface area contributed by atoms with E-state index in [9.17, 15) is 18.0 Å². The molecule has 1 aromatic rings. The summed E-state index contributed by atoms with van der Waals surface area (Å²) in [4.78, 5) is 26.5. The van der Waals surface area contributed by atoms with Crippen molar-refractivity contribution in [2.75, 3.05) is 13.7 Å². The Balaban J connectivity index is 1.70. The van der Waals surface area contributed by atoms with Crippen LogP contribution in [-0.4, -0.2) is 49.7 Å². The van der Waals surface area contributed by atoms with Crippen LogP contribution in [0.15, 0.2) is 35.2 Å². The second-order valence-electron chi connectivity index (χ2n) is 8.31. The fraction of sp³-hybridized carbons (Fsp3) is 0.600. The average Bonchev–Trinajstić information content (AvgIpc) is 3.41. The zero-order chi connectivity index (χ0) is 20.2. The molecule has 3 aliphatic rings. The van der Waals surface area contributed by atoms with Crippen LogP contribution in [0.3, 0.4) is 0 Å². The number of hydrogen-bond donors (Lipinski definition) is 1. The van der Waals surface area contributed by atoms with E-state index in [0.717, 1.165) is 6.42 Å². The quantitative estimate of drug-likeness (QED) is 0.742. The summed E-state index contributed by atoms with van der Waals surface area (Å²) in [5.41, 5.74) is 4.10. The standard InChI is InChI=1S/C20H26N2O5S/c1-27-18(24)20(21)13-14-9-10-19(20,12-14)17(23)16-8-5-11-22(16)28(25,26)15-6-3-2-4-7-15/h2-4,6-7,14,16H,5,8-13,21H2,1H3/t14?,16-,19?,20?/m0/s1. The number of benzene rings is 1. The summed E-state index contributed by atoms with van der Waals surface area (Å²) in [6.07, 6.45) is 3.36. The molecule has 28 heavy (non-hydrogen) atoms. The van der Waals surface area contributed by atoms with Crippen molar-refractivity contribution in [1.29, 1.82) is 0 Å². The number of esters is 1. The maximum absolute atomic E-state index is 13.8. The minimum atomic E-state index is -3.79. The Labute approximate surface area is 165 Å². The molecule has 2 N–H and O–H groups in total. The van der Waals surface area contributed by atoms with Crippen LogP contribution in [0.5, 0.6) is 0 Å². The van der Waals surface area contributed by atoms with Crippen molar-refractivity contribution >= 4 is 21.8 Å². The highest BCUT2D eigenvalue weighted by molar-refractivity contribution is 7.89. The van der Waals surface area contributed by atoms with E-state index < -0.39 is 33.0 Å². The second-order valence-corrected chi connectivity index (χ2v) is 10.2. The van der Waals surface area contributed by atoms with E-state index in [0.29, 0.717) is 38.6 Å². The topological polar surface area (TPSA) is 107 Å². The van der Waals surface area contributed by atoms with E-state index in [1.165, 1.54) is 23.5 Å². The first kappa shape index (κ1) is 19.5. The highest BCUT2D eigenvalue weighted by Crippen LogP contribution is 2.60. The van der Waals surface area contributed by atoms with Gasteiger partial charge >= 0.3 is 5.97 Å². The van der Waals surface area contributed by atoms with E-state index in [-0.39, 0.29) is 16.6 Å². The summed E-state index contributed by atoms with van der Waals surface area (Å²) in [5, 5.41) is 0. The fourth-order valence-electron chi connectivity index (χ4n) is 5.62. The molecular weight excluding hydrogens is 380 g/mol. The van der Waals surface area contributed by atoms with Crippen LogP contribution in [0.25, 0.3) is 0 Å². The van der Waals surface area contributed by atoms with Crippen LogP contribution in [0.4, 0.5) is 0 Å². The zero-order valence-electron chi connectivity index (χ0n) is 16.0. The third-order valence-corrected chi connectivity index (χ3v) is 8.88. The van der Waals surface area contributed by atoms with Crippen molar-refractivity contribution in [3.05, 3.63) is 30.3 Å². The number of hydrogen-bond acceptors (Lipinski definition) is 6. The zero-order valence-corrected chi connectivity index (χ0v) is 16.8. The maximum Gasteiger partial charge on any atom is 0.326 e. The van der Waals surface area contributed by atoms with Gasteiger partial charge in [0, 0.05) is 6.54 Å². The number of carbonyl (C=O) groups excluding carboxylic acids is 2. The normalized spacial score (nSPS) is 35.2. The van der Waals surface area contributed by atoms with Crippen molar-refractivity contribution < 1.29 is 22.7 Å². The van der Waals surface area contributed by atoms with Gasteiger partial charge in [0.2, 0.25) is 10.0 Å². The molecule has 1 saturated heterocycles. The third kappa shape index (κ3) is 2.58. The number of ketones is 1. The smallest absolute Gasteiger partial charge is 0.326 e. The van der Waals surface area contributed by atoms with Gasteiger partial charge in [-0.25, -0.2) is 8.42 Å². The monoisotopic (exact) mass is 406 g/mol. The van der Waals surface area contributed by atoms with Gasteiger partial charge in [-0.2, -0.15) is 4.31 Å². The largest absolute Gasteiger partial charge is 0.468 e.